The van der Waals surface area contributed by atoms with Crippen molar-refractivity contribution in [3.63, 3.8) is 0 Å². The van der Waals surface area contributed by atoms with Gasteiger partial charge in [-0.1, -0.05) is 54.1 Å². The fourth-order valence-corrected chi connectivity index (χ4v) is 4.59. The van der Waals surface area contributed by atoms with Crippen LogP contribution in [0, 0.1) is 12.8 Å². The van der Waals surface area contributed by atoms with Gasteiger partial charge in [-0.15, -0.1) is 0 Å². The Morgan fingerprint density at radius 1 is 1.03 bits per heavy atom. The predicted octanol–water partition coefficient (Wildman–Crippen LogP) is 4.67. The summed E-state index contributed by atoms with van der Waals surface area (Å²) in [6.45, 7) is 3.74. The van der Waals surface area contributed by atoms with Gasteiger partial charge in [-0.05, 0) is 42.7 Å². The molecule has 0 aliphatic carbocycles. The Balaban J connectivity index is 1.39. The Bertz CT molecular complexity index is 1130. The van der Waals surface area contributed by atoms with E-state index in [1.807, 2.05) is 73.5 Å². The molecule has 1 aliphatic heterocycles. The molecule has 5 nitrogen and oxygen atoms in total. The van der Waals surface area contributed by atoms with E-state index < -0.39 is 0 Å². The highest BCUT2D eigenvalue weighted by atomic mass is 16.5. The van der Waals surface area contributed by atoms with Crippen LogP contribution < -0.4 is 4.74 Å². The number of nitrogens with zero attached hydrogens (tertiary/aromatic N) is 2. The monoisotopic (exact) mass is 430 g/mol. The molecule has 0 atom stereocenters. The molecule has 3 aromatic rings. The fourth-order valence-electron chi connectivity index (χ4n) is 4.59. The van der Waals surface area contributed by atoms with E-state index in [9.17, 15) is 9.59 Å². The Kier molecular flexibility index (Phi) is 6.45. The molecule has 0 aromatic heterocycles. The molecule has 0 N–H and O–H groups in total. The summed E-state index contributed by atoms with van der Waals surface area (Å²) in [5.74, 6) is 0.912. The zero-order valence-electron chi connectivity index (χ0n) is 19.0. The van der Waals surface area contributed by atoms with E-state index in [1.165, 1.54) is 0 Å². The normalized spacial score (nSPS) is 14.4. The van der Waals surface area contributed by atoms with Crippen LogP contribution in [0.15, 0.2) is 60.7 Å². The van der Waals surface area contributed by atoms with Crippen molar-refractivity contribution in [1.29, 1.82) is 0 Å². The van der Waals surface area contributed by atoms with Gasteiger partial charge in [0, 0.05) is 43.7 Å². The number of benzene rings is 3. The van der Waals surface area contributed by atoms with Crippen molar-refractivity contribution in [2.75, 3.05) is 27.2 Å². The van der Waals surface area contributed by atoms with Gasteiger partial charge in [-0.2, -0.15) is 0 Å². The lowest BCUT2D eigenvalue weighted by atomic mass is 9.94. The van der Waals surface area contributed by atoms with Crippen LogP contribution in [0.3, 0.4) is 0 Å². The van der Waals surface area contributed by atoms with Crippen LogP contribution in [-0.4, -0.2) is 48.9 Å². The number of piperidine rings is 1. The lowest BCUT2D eigenvalue weighted by Gasteiger charge is -2.33. The average Bonchev–Trinajstić information content (AvgIpc) is 2.83. The molecule has 0 saturated carbocycles. The van der Waals surface area contributed by atoms with Gasteiger partial charge in [0.1, 0.15) is 5.75 Å². The zero-order valence-corrected chi connectivity index (χ0v) is 19.0. The summed E-state index contributed by atoms with van der Waals surface area (Å²) in [5.41, 5.74) is 2.88. The lowest BCUT2D eigenvalue weighted by molar-refractivity contribution is -0.136. The lowest BCUT2D eigenvalue weighted by Crippen LogP contribution is -2.43. The summed E-state index contributed by atoms with van der Waals surface area (Å²) < 4.78 is 5.46. The first kappa shape index (κ1) is 21.9. The summed E-state index contributed by atoms with van der Waals surface area (Å²) in [4.78, 5) is 29.9. The largest absolute Gasteiger partial charge is 0.496 e. The number of ether oxygens (including phenoxy) is 1. The maximum Gasteiger partial charge on any atom is 0.254 e. The number of hydrogen-bond acceptors (Lipinski definition) is 3. The molecule has 0 spiro atoms. The summed E-state index contributed by atoms with van der Waals surface area (Å²) >= 11 is 0. The first-order chi connectivity index (χ1) is 15.5. The van der Waals surface area contributed by atoms with Crippen molar-refractivity contribution >= 4 is 22.6 Å². The third kappa shape index (κ3) is 4.47. The molecule has 1 aliphatic rings. The van der Waals surface area contributed by atoms with Gasteiger partial charge >= 0.3 is 0 Å². The molecule has 32 heavy (non-hydrogen) atoms. The van der Waals surface area contributed by atoms with Crippen molar-refractivity contribution in [3.8, 4) is 5.75 Å². The van der Waals surface area contributed by atoms with Gasteiger partial charge in [0.2, 0.25) is 5.91 Å². The minimum absolute atomic E-state index is 0.0468. The van der Waals surface area contributed by atoms with E-state index in [2.05, 4.69) is 6.07 Å². The average molecular weight is 431 g/mol. The van der Waals surface area contributed by atoms with Crippen LogP contribution in [0.25, 0.3) is 10.8 Å². The van der Waals surface area contributed by atoms with Gasteiger partial charge in [-0.3, -0.25) is 9.59 Å². The smallest absolute Gasteiger partial charge is 0.254 e. The van der Waals surface area contributed by atoms with Crippen LogP contribution in [0.5, 0.6) is 5.75 Å². The SMILES string of the molecule is COc1ccc(C)cc1CN(C)C(=O)C1CCN(C(=O)c2cccc3ccccc23)CC1. The molecule has 3 aromatic carbocycles. The Hall–Kier alpha value is -3.34. The highest BCUT2D eigenvalue weighted by Gasteiger charge is 2.30. The van der Waals surface area contributed by atoms with Crippen molar-refractivity contribution in [1.82, 2.24) is 9.80 Å². The van der Waals surface area contributed by atoms with Crippen LogP contribution >= 0.6 is 0 Å². The highest BCUT2D eigenvalue weighted by molar-refractivity contribution is 6.07. The van der Waals surface area contributed by atoms with Gasteiger partial charge in [0.05, 0.1) is 7.11 Å². The summed E-state index contributed by atoms with van der Waals surface area (Å²) in [5, 5.41) is 2.04. The second kappa shape index (κ2) is 9.43. The van der Waals surface area contributed by atoms with E-state index in [4.69, 9.17) is 4.74 Å². The van der Waals surface area contributed by atoms with Crippen molar-refractivity contribution in [2.45, 2.75) is 26.3 Å². The van der Waals surface area contributed by atoms with Crippen molar-refractivity contribution < 1.29 is 14.3 Å². The van der Waals surface area contributed by atoms with Crippen LogP contribution in [0.1, 0.15) is 34.3 Å². The fraction of sp³-hybridized carbons (Fsp3) is 0.333. The standard InChI is InChI=1S/C27H30N2O3/c1-19-11-12-25(32-3)22(17-19)18-28(2)26(30)21-13-15-29(16-14-21)27(31)24-10-6-8-20-7-4-5-9-23(20)24/h4-12,17,21H,13-16,18H2,1-3H3. The Morgan fingerprint density at radius 3 is 2.50 bits per heavy atom. The van der Waals surface area contributed by atoms with Gasteiger partial charge < -0.3 is 14.5 Å². The van der Waals surface area contributed by atoms with E-state index in [1.54, 1.807) is 12.0 Å². The molecule has 1 saturated heterocycles. The second-order valence-electron chi connectivity index (χ2n) is 8.60. The quantitative estimate of drug-likeness (QED) is 0.591. The minimum Gasteiger partial charge on any atom is -0.496 e. The molecule has 166 valence electrons. The molecule has 4 rings (SSSR count). The highest BCUT2D eigenvalue weighted by Crippen LogP contribution is 2.26. The van der Waals surface area contributed by atoms with Crippen LogP contribution in [0.2, 0.25) is 0 Å². The van der Waals surface area contributed by atoms with E-state index >= 15 is 0 Å². The Labute approximate surface area is 189 Å². The van der Waals surface area contributed by atoms with E-state index in [0.717, 1.165) is 33.2 Å². The summed E-state index contributed by atoms with van der Waals surface area (Å²) in [6, 6.07) is 19.8. The molecule has 2 amide bonds. The third-order valence-electron chi connectivity index (χ3n) is 6.37. The molecular formula is C27H30N2O3. The van der Waals surface area contributed by atoms with E-state index in [0.29, 0.717) is 32.5 Å². The van der Waals surface area contributed by atoms with Gasteiger partial charge in [0.15, 0.2) is 0 Å². The first-order valence-electron chi connectivity index (χ1n) is 11.1. The number of hydrogen-bond donors (Lipinski definition) is 0. The molecule has 5 heteroatoms. The number of methoxy groups -OCH3 is 1. The second-order valence-corrected chi connectivity index (χ2v) is 8.60. The third-order valence-corrected chi connectivity index (χ3v) is 6.37. The van der Waals surface area contributed by atoms with Crippen LogP contribution in [-0.2, 0) is 11.3 Å². The first-order valence-corrected chi connectivity index (χ1v) is 11.1. The van der Waals surface area contributed by atoms with Gasteiger partial charge in [-0.25, -0.2) is 0 Å². The zero-order chi connectivity index (χ0) is 22.7. The molecule has 0 unspecified atom stereocenters. The Morgan fingerprint density at radius 2 is 1.75 bits per heavy atom. The topological polar surface area (TPSA) is 49.9 Å². The summed E-state index contributed by atoms with van der Waals surface area (Å²) in [7, 11) is 3.50. The number of carbonyl (C=O) groups excluding carboxylic acids is 2. The number of rotatable bonds is 5. The van der Waals surface area contributed by atoms with Gasteiger partial charge in [0.25, 0.3) is 5.91 Å². The number of fused-ring (bicyclic) bond motifs is 1. The number of carbonyl (C=O) groups is 2. The molecule has 0 radical (unpaired) electrons. The molecule has 1 fully saturated rings. The number of aryl methyl sites for hydroxylation is 1. The van der Waals surface area contributed by atoms with Crippen molar-refractivity contribution in [3.05, 3.63) is 77.4 Å². The maximum atomic E-state index is 13.2. The van der Waals surface area contributed by atoms with Crippen molar-refractivity contribution in [2.24, 2.45) is 5.92 Å². The van der Waals surface area contributed by atoms with Crippen LogP contribution in [0.4, 0.5) is 0 Å². The maximum absolute atomic E-state index is 13.2. The molecule has 1 heterocycles. The molecular weight excluding hydrogens is 400 g/mol. The number of likely N-dealkylation sites (tertiary alicyclic amines) is 1. The predicted molar refractivity (Wildman–Crippen MR) is 127 cm³/mol. The number of amides is 2. The summed E-state index contributed by atoms with van der Waals surface area (Å²) in [6.07, 6.45) is 1.37. The van der Waals surface area contributed by atoms with E-state index in [-0.39, 0.29) is 17.7 Å². The minimum atomic E-state index is -0.0626. The molecule has 0 bridgehead atoms.